The molecule has 0 aliphatic carbocycles. The summed E-state index contributed by atoms with van der Waals surface area (Å²) in [5, 5.41) is 6.39. The first-order chi connectivity index (χ1) is 10.6. The molecule has 0 aliphatic rings. The molecule has 0 spiro atoms. The summed E-state index contributed by atoms with van der Waals surface area (Å²) in [5.41, 5.74) is 0. The van der Waals surface area contributed by atoms with Crippen LogP contribution in [0.5, 0.6) is 5.75 Å². The maximum absolute atomic E-state index is 13.5. The van der Waals surface area contributed by atoms with Crippen LogP contribution in [0.4, 0.5) is 4.39 Å². The van der Waals surface area contributed by atoms with E-state index in [1.165, 1.54) is 6.07 Å². The van der Waals surface area contributed by atoms with E-state index in [0.717, 1.165) is 6.54 Å². The molecule has 2 unspecified atom stereocenters. The summed E-state index contributed by atoms with van der Waals surface area (Å²) < 4.78 is 24.2. The van der Waals surface area contributed by atoms with Gasteiger partial charge in [-0.3, -0.25) is 0 Å². The van der Waals surface area contributed by atoms with Crippen LogP contribution >= 0.6 is 24.0 Å². The van der Waals surface area contributed by atoms with Crippen LogP contribution in [-0.2, 0) is 4.74 Å². The number of hydrogen-bond acceptors (Lipinski definition) is 3. The first kappa shape index (κ1) is 21.9. The molecule has 0 amide bonds. The number of methoxy groups -OCH3 is 1. The zero-order chi connectivity index (χ0) is 16.4. The summed E-state index contributed by atoms with van der Waals surface area (Å²) in [6.45, 7) is 7.63. The van der Waals surface area contributed by atoms with Gasteiger partial charge in [-0.05, 0) is 32.9 Å². The third-order valence-electron chi connectivity index (χ3n) is 2.82. The van der Waals surface area contributed by atoms with Gasteiger partial charge in [0, 0.05) is 19.7 Å². The number of nitrogens with one attached hydrogen (secondary N) is 2. The number of rotatable bonds is 8. The molecule has 5 nitrogen and oxygen atoms in total. The van der Waals surface area contributed by atoms with Crippen molar-refractivity contribution >= 4 is 29.9 Å². The Hall–Kier alpha value is -1.09. The van der Waals surface area contributed by atoms with Crippen LogP contribution in [0, 0.1) is 5.82 Å². The van der Waals surface area contributed by atoms with E-state index in [-0.39, 0.29) is 47.7 Å². The first-order valence-corrected chi connectivity index (χ1v) is 7.51. The molecule has 0 aliphatic heterocycles. The Morgan fingerprint density at radius 3 is 2.61 bits per heavy atom. The van der Waals surface area contributed by atoms with E-state index in [9.17, 15) is 4.39 Å². The van der Waals surface area contributed by atoms with E-state index in [0.29, 0.717) is 19.1 Å². The van der Waals surface area contributed by atoms with Gasteiger partial charge in [0.2, 0.25) is 0 Å². The molecule has 0 bridgehead atoms. The molecule has 0 saturated heterocycles. The highest BCUT2D eigenvalue weighted by Crippen LogP contribution is 2.16. The Morgan fingerprint density at radius 1 is 1.30 bits per heavy atom. The number of nitrogens with zero attached hydrogens (tertiary/aromatic N) is 1. The van der Waals surface area contributed by atoms with Gasteiger partial charge >= 0.3 is 0 Å². The largest absolute Gasteiger partial charge is 0.486 e. The number of aliphatic imine (C=N–C) groups is 1. The molecule has 0 saturated carbocycles. The lowest BCUT2D eigenvalue weighted by molar-refractivity contribution is 0.178. The van der Waals surface area contributed by atoms with Crippen LogP contribution in [0.1, 0.15) is 20.8 Å². The highest BCUT2D eigenvalue weighted by Gasteiger charge is 2.09. The van der Waals surface area contributed by atoms with Gasteiger partial charge in [0.1, 0.15) is 6.10 Å². The lowest BCUT2D eigenvalue weighted by atomic mass is 10.3. The topological polar surface area (TPSA) is 54.9 Å². The molecule has 0 radical (unpaired) electrons. The van der Waals surface area contributed by atoms with Crippen LogP contribution in [-0.4, -0.2) is 44.9 Å². The molecule has 23 heavy (non-hydrogen) atoms. The predicted molar refractivity (Wildman–Crippen MR) is 102 cm³/mol. The van der Waals surface area contributed by atoms with Crippen molar-refractivity contribution in [2.45, 2.75) is 32.9 Å². The van der Waals surface area contributed by atoms with Gasteiger partial charge in [-0.25, -0.2) is 9.38 Å². The molecule has 1 aromatic carbocycles. The van der Waals surface area contributed by atoms with E-state index in [1.807, 2.05) is 20.8 Å². The molecule has 1 aromatic rings. The minimum absolute atomic E-state index is 0. The fourth-order valence-corrected chi connectivity index (χ4v) is 1.86. The second-order valence-electron chi connectivity index (χ2n) is 5.08. The van der Waals surface area contributed by atoms with Crippen molar-refractivity contribution < 1.29 is 13.9 Å². The number of benzene rings is 1. The summed E-state index contributed by atoms with van der Waals surface area (Å²) in [4.78, 5) is 4.45. The fraction of sp³-hybridized carbons (Fsp3) is 0.562. The van der Waals surface area contributed by atoms with E-state index in [2.05, 4.69) is 15.6 Å². The lowest BCUT2D eigenvalue weighted by Gasteiger charge is -2.18. The SMILES string of the molecule is CCNC(=NCC(C)Oc1ccccc1F)NC(C)COC.I. The molecule has 0 fully saturated rings. The van der Waals surface area contributed by atoms with Gasteiger partial charge in [0.05, 0.1) is 13.2 Å². The molecule has 7 heteroatoms. The van der Waals surface area contributed by atoms with Crippen molar-refractivity contribution in [3.8, 4) is 5.75 Å². The van der Waals surface area contributed by atoms with E-state index < -0.39 is 0 Å². The Kier molecular flexibility index (Phi) is 11.8. The predicted octanol–water partition coefficient (Wildman–Crippen LogP) is 2.80. The van der Waals surface area contributed by atoms with Crippen molar-refractivity contribution in [1.82, 2.24) is 10.6 Å². The molecule has 0 heterocycles. The maximum atomic E-state index is 13.5. The van der Waals surface area contributed by atoms with Crippen molar-refractivity contribution in [2.75, 3.05) is 26.8 Å². The average Bonchev–Trinajstić information content (AvgIpc) is 2.48. The maximum Gasteiger partial charge on any atom is 0.191 e. The number of ether oxygens (including phenoxy) is 2. The van der Waals surface area contributed by atoms with Crippen molar-refractivity contribution in [1.29, 1.82) is 0 Å². The third-order valence-corrected chi connectivity index (χ3v) is 2.82. The van der Waals surface area contributed by atoms with E-state index in [1.54, 1.807) is 25.3 Å². The van der Waals surface area contributed by atoms with Crippen LogP contribution in [0.2, 0.25) is 0 Å². The van der Waals surface area contributed by atoms with Gasteiger partial charge in [-0.15, -0.1) is 24.0 Å². The molecule has 1 rings (SSSR count). The second kappa shape index (κ2) is 12.3. The van der Waals surface area contributed by atoms with Gasteiger partial charge in [-0.2, -0.15) is 0 Å². The Balaban J connectivity index is 0.00000484. The quantitative estimate of drug-likeness (QED) is 0.372. The van der Waals surface area contributed by atoms with Gasteiger partial charge in [0.25, 0.3) is 0 Å². The summed E-state index contributed by atoms with van der Waals surface area (Å²) in [5.74, 6) is 0.573. The number of halogens is 2. The van der Waals surface area contributed by atoms with Gasteiger partial charge in [0.15, 0.2) is 17.5 Å². The van der Waals surface area contributed by atoms with Crippen molar-refractivity contribution in [3.05, 3.63) is 30.1 Å². The van der Waals surface area contributed by atoms with Crippen LogP contribution in [0.15, 0.2) is 29.3 Å². The summed E-state index contributed by atoms with van der Waals surface area (Å²) in [6, 6.07) is 6.51. The second-order valence-corrected chi connectivity index (χ2v) is 5.08. The standard InChI is InChI=1S/C16H26FN3O2.HI/c1-5-18-16(20-12(2)11-21-4)19-10-13(3)22-15-9-7-6-8-14(15)17;/h6-9,12-13H,5,10-11H2,1-4H3,(H2,18,19,20);1H. The number of guanidine groups is 1. The van der Waals surface area contributed by atoms with Gasteiger partial charge < -0.3 is 20.1 Å². The zero-order valence-corrected chi connectivity index (χ0v) is 16.5. The van der Waals surface area contributed by atoms with Crippen LogP contribution < -0.4 is 15.4 Å². The Morgan fingerprint density at radius 2 is 2.00 bits per heavy atom. The molecular weight excluding hydrogens is 412 g/mol. The monoisotopic (exact) mass is 439 g/mol. The average molecular weight is 439 g/mol. The Labute approximate surface area is 155 Å². The first-order valence-electron chi connectivity index (χ1n) is 7.51. The normalized spacial score (nSPS) is 13.7. The van der Waals surface area contributed by atoms with Crippen molar-refractivity contribution in [2.24, 2.45) is 4.99 Å². The smallest absolute Gasteiger partial charge is 0.191 e. The zero-order valence-electron chi connectivity index (χ0n) is 14.1. The summed E-state index contributed by atoms with van der Waals surface area (Å²) in [6.07, 6.45) is -0.231. The highest BCUT2D eigenvalue weighted by molar-refractivity contribution is 14.0. The fourth-order valence-electron chi connectivity index (χ4n) is 1.86. The molecule has 132 valence electrons. The van der Waals surface area contributed by atoms with Crippen molar-refractivity contribution in [3.63, 3.8) is 0 Å². The van der Waals surface area contributed by atoms with E-state index >= 15 is 0 Å². The van der Waals surface area contributed by atoms with E-state index in [4.69, 9.17) is 9.47 Å². The minimum atomic E-state index is -0.364. The molecular formula is C16H27FIN3O2. The molecule has 0 aromatic heterocycles. The number of para-hydroxylation sites is 1. The molecule has 2 atom stereocenters. The minimum Gasteiger partial charge on any atom is -0.486 e. The summed E-state index contributed by atoms with van der Waals surface area (Å²) in [7, 11) is 1.66. The lowest BCUT2D eigenvalue weighted by Crippen LogP contribution is -2.44. The molecule has 2 N–H and O–H groups in total. The van der Waals surface area contributed by atoms with Crippen LogP contribution in [0.25, 0.3) is 0 Å². The van der Waals surface area contributed by atoms with Gasteiger partial charge in [-0.1, -0.05) is 12.1 Å². The number of hydrogen-bond donors (Lipinski definition) is 2. The summed E-state index contributed by atoms with van der Waals surface area (Å²) >= 11 is 0. The third kappa shape index (κ3) is 8.95. The highest BCUT2D eigenvalue weighted by atomic mass is 127. The Bertz CT molecular complexity index is 474. The van der Waals surface area contributed by atoms with Crippen LogP contribution in [0.3, 0.4) is 0 Å².